The van der Waals surface area contributed by atoms with Gasteiger partial charge in [0.1, 0.15) is 12.4 Å². The number of fused-ring (bicyclic) bond motifs is 1. The first-order valence-electron chi connectivity index (χ1n) is 9.64. The van der Waals surface area contributed by atoms with Crippen LogP contribution in [0.3, 0.4) is 0 Å². The van der Waals surface area contributed by atoms with Gasteiger partial charge in [0.25, 0.3) is 5.91 Å². The summed E-state index contributed by atoms with van der Waals surface area (Å²) in [5.74, 6) is 0.245. The number of amides is 2. The average molecular weight is 433 g/mol. The number of hydrogen-bond donors (Lipinski definition) is 2. The number of carbonyl (C=O) groups excluding carboxylic acids is 2. The van der Waals surface area contributed by atoms with Crippen LogP contribution in [0.5, 0.6) is 5.75 Å². The third kappa shape index (κ3) is 5.23. The number of ether oxygens (including phenoxy) is 1. The summed E-state index contributed by atoms with van der Waals surface area (Å²) in [6.45, 7) is 0.337. The molecule has 4 aromatic rings. The summed E-state index contributed by atoms with van der Waals surface area (Å²) < 4.78 is 5.80. The van der Waals surface area contributed by atoms with Crippen LogP contribution in [-0.2, 0) is 17.8 Å². The summed E-state index contributed by atoms with van der Waals surface area (Å²) in [5, 5.41) is 8.58. The second-order valence-corrected chi connectivity index (χ2v) is 7.61. The molecule has 2 N–H and O–H groups in total. The van der Waals surface area contributed by atoms with E-state index in [9.17, 15) is 9.59 Å². The molecule has 8 heteroatoms. The minimum absolute atomic E-state index is 0.127. The highest BCUT2D eigenvalue weighted by Crippen LogP contribution is 2.19. The van der Waals surface area contributed by atoms with E-state index in [1.807, 2.05) is 36.4 Å². The predicted octanol–water partition coefficient (Wildman–Crippen LogP) is 3.81. The van der Waals surface area contributed by atoms with Gasteiger partial charge in [0.05, 0.1) is 23.3 Å². The van der Waals surface area contributed by atoms with Gasteiger partial charge < -0.3 is 10.1 Å². The molecule has 0 aliphatic heterocycles. The van der Waals surface area contributed by atoms with Gasteiger partial charge in [-0.05, 0) is 36.4 Å². The zero-order valence-corrected chi connectivity index (χ0v) is 17.6. The van der Waals surface area contributed by atoms with E-state index < -0.39 is 0 Å². The van der Waals surface area contributed by atoms with Crippen LogP contribution >= 0.6 is 11.3 Å². The molecule has 0 fully saturated rings. The third-order valence-electron chi connectivity index (χ3n) is 4.55. The monoisotopic (exact) mass is 432 g/mol. The van der Waals surface area contributed by atoms with Gasteiger partial charge in [-0.25, -0.2) is 9.97 Å². The van der Waals surface area contributed by atoms with Crippen molar-refractivity contribution in [3.05, 3.63) is 83.0 Å². The number of pyridine rings is 1. The quantitative estimate of drug-likeness (QED) is 0.463. The number of thiazole rings is 1. The summed E-state index contributed by atoms with van der Waals surface area (Å²) in [4.78, 5) is 32.7. The fraction of sp³-hybridized carbons (Fsp3) is 0.130. The maximum absolute atomic E-state index is 12.4. The lowest BCUT2D eigenvalue weighted by molar-refractivity contribution is -0.120. The average Bonchev–Trinajstić information content (AvgIpc) is 3.24. The van der Waals surface area contributed by atoms with Crippen molar-refractivity contribution in [3.63, 3.8) is 0 Å². The Hall–Kier alpha value is -3.78. The molecule has 0 spiro atoms. The number of hydrogen-bond acceptors (Lipinski definition) is 6. The van der Waals surface area contributed by atoms with Gasteiger partial charge in [-0.2, -0.15) is 0 Å². The van der Waals surface area contributed by atoms with Crippen molar-refractivity contribution in [3.8, 4) is 5.75 Å². The fourth-order valence-corrected chi connectivity index (χ4v) is 3.62. The first kappa shape index (κ1) is 20.5. The Morgan fingerprint density at radius 1 is 0.968 bits per heavy atom. The van der Waals surface area contributed by atoms with Crippen LogP contribution in [0.1, 0.15) is 21.7 Å². The summed E-state index contributed by atoms with van der Waals surface area (Å²) in [5.41, 5.74) is 2.86. The molecule has 2 aromatic carbocycles. The molecular formula is C23H20N4O3S. The Balaban J connectivity index is 1.34. The third-order valence-corrected chi connectivity index (χ3v) is 5.36. The normalized spacial score (nSPS) is 10.6. The van der Waals surface area contributed by atoms with Crippen LogP contribution in [0.15, 0.2) is 66.0 Å². The fourth-order valence-electron chi connectivity index (χ4n) is 2.92. The van der Waals surface area contributed by atoms with E-state index in [-0.39, 0.29) is 18.2 Å². The molecule has 31 heavy (non-hydrogen) atoms. The van der Waals surface area contributed by atoms with Crippen molar-refractivity contribution in [2.45, 2.75) is 13.0 Å². The SMILES string of the molecule is CNC(=O)Cc1csc(NC(=O)c2ccc(OCc3ccc4ccccc4n3)cc2)n1. The van der Waals surface area contributed by atoms with Crippen molar-refractivity contribution in [2.75, 3.05) is 12.4 Å². The van der Waals surface area contributed by atoms with Gasteiger partial charge >= 0.3 is 0 Å². The predicted molar refractivity (Wildman–Crippen MR) is 120 cm³/mol. The highest BCUT2D eigenvalue weighted by molar-refractivity contribution is 7.14. The van der Waals surface area contributed by atoms with E-state index in [0.29, 0.717) is 28.7 Å². The van der Waals surface area contributed by atoms with Crippen LogP contribution < -0.4 is 15.4 Å². The van der Waals surface area contributed by atoms with E-state index in [1.54, 1.807) is 36.7 Å². The van der Waals surface area contributed by atoms with Crippen LogP contribution in [-0.4, -0.2) is 28.8 Å². The minimum atomic E-state index is -0.274. The number of benzene rings is 2. The molecule has 0 atom stereocenters. The summed E-state index contributed by atoms with van der Waals surface area (Å²) in [7, 11) is 1.57. The molecule has 2 heterocycles. The largest absolute Gasteiger partial charge is 0.487 e. The van der Waals surface area contributed by atoms with Gasteiger partial charge in [0.15, 0.2) is 5.13 Å². The number of likely N-dealkylation sites (N-methyl/N-ethyl adjacent to an activating group) is 1. The van der Waals surface area contributed by atoms with E-state index in [0.717, 1.165) is 16.6 Å². The van der Waals surface area contributed by atoms with E-state index >= 15 is 0 Å². The Labute approximate surface area is 183 Å². The number of nitrogens with one attached hydrogen (secondary N) is 2. The molecule has 0 bridgehead atoms. The first-order chi connectivity index (χ1) is 15.1. The van der Waals surface area contributed by atoms with Crippen molar-refractivity contribution < 1.29 is 14.3 Å². The topological polar surface area (TPSA) is 93.2 Å². The number of anilines is 1. The lowest BCUT2D eigenvalue weighted by Gasteiger charge is -2.08. The summed E-state index contributed by atoms with van der Waals surface area (Å²) >= 11 is 1.28. The smallest absolute Gasteiger partial charge is 0.257 e. The van der Waals surface area contributed by atoms with Crippen LogP contribution in [0.25, 0.3) is 10.9 Å². The van der Waals surface area contributed by atoms with Crippen LogP contribution in [0.2, 0.25) is 0 Å². The molecule has 4 rings (SSSR count). The maximum atomic E-state index is 12.4. The second kappa shape index (κ2) is 9.36. The van der Waals surface area contributed by atoms with Gasteiger partial charge in [0.2, 0.25) is 5.91 Å². The second-order valence-electron chi connectivity index (χ2n) is 6.76. The van der Waals surface area contributed by atoms with Crippen molar-refractivity contribution in [1.82, 2.24) is 15.3 Å². The van der Waals surface area contributed by atoms with Crippen molar-refractivity contribution >= 4 is 39.2 Å². The van der Waals surface area contributed by atoms with Crippen molar-refractivity contribution in [1.29, 1.82) is 0 Å². The molecule has 0 aliphatic rings. The molecule has 0 saturated carbocycles. The molecule has 2 aromatic heterocycles. The maximum Gasteiger partial charge on any atom is 0.257 e. The number of carbonyl (C=O) groups is 2. The lowest BCUT2D eigenvalue weighted by Crippen LogP contribution is -2.20. The van der Waals surface area contributed by atoms with Crippen LogP contribution in [0.4, 0.5) is 5.13 Å². The Morgan fingerprint density at radius 2 is 1.77 bits per heavy atom. The Bertz CT molecular complexity index is 1220. The molecule has 0 aliphatic carbocycles. The zero-order valence-electron chi connectivity index (χ0n) is 16.8. The highest BCUT2D eigenvalue weighted by Gasteiger charge is 2.11. The highest BCUT2D eigenvalue weighted by atomic mass is 32.1. The lowest BCUT2D eigenvalue weighted by atomic mass is 10.2. The van der Waals surface area contributed by atoms with Gasteiger partial charge in [-0.3, -0.25) is 14.9 Å². The van der Waals surface area contributed by atoms with E-state index in [4.69, 9.17) is 4.74 Å². The number of nitrogens with zero attached hydrogens (tertiary/aromatic N) is 2. The molecule has 156 valence electrons. The summed E-state index contributed by atoms with van der Waals surface area (Å²) in [6.07, 6.45) is 0.182. The molecular weight excluding hydrogens is 412 g/mol. The summed E-state index contributed by atoms with van der Waals surface area (Å²) in [6, 6.07) is 18.8. The molecule has 0 saturated heterocycles. The molecule has 2 amide bonds. The molecule has 7 nitrogen and oxygen atoms in total. The number of rotatable bonds is 7. The standard InChI is InChI=1S/C23H20N4O3S/c1-24-21(28)12-18-14-31-23(26-18)27-22(29)16-7-10-19(11-8-16)30-13-17-9-6-15-4-2-3-5-20(15)25-17/h2-11,14H,12-13H2,1H3,(H,24,28)(H,26,27,29). The van der Waals surface area contributed by atoms with E-state index in [1.165, 1.54) is 11.3 Å². The van der Waals surface area contributed by atoms with Crippen LogP contribution in [0, 0.1) is 0 Å². The number of aromatic nitrogens is 2. The van der Waals surface area contributed by atoms with Gasteiger partial charge in [-0.1, -0.05) is 24.3 Å². The Morgan fingerprint density at radius 3 is 2.58 bits per heavy atom. The van der Waals surface area contributed by atoms with Gasteiger partial charge in [-0.15, -0.1) is 11.3 Å². The van der Waals surface area contributed by atoms with Crippen molar-refractivity contribution in [2.24, 2.45) is 0 Å². The zero-order chi connectivity index (χ0) is 21.6. The number of para-hydroxylation sites is 1. The van der Waals surface area contributed by atoms with Gasteiger partial charge in [0, 0.05) is 23.4 Å². The molecule has 0 radical (unpaired) electrons. The minimum Gasteiger partial charge on any atom is -0.487 e. The first-order valence-corrected chi connectivity index (χ1v) is 10.5. The Kier molecular flexibility index (Phi) is 6.18. The van der Waals surface area contributed by atoms with E-state index in [2.05, 4.69) is 20.6 Å². The molecule has 0 unspecified atom stereocenters.